The van der Waals surface area contributed by atoms with E-state index in [1.165, 1.54) is 0 Å². The first kappa shape index (κ1) is 19.1. The number of carbonyl (C=O) groups is 2. The summed E-state index contributed by atoms with van der Waals surface area (Å²) in [4.78, 5) is 29.4. The monoisotopic (exact) mass is 370 g/mol. The predicted octanol–water partition coefficient (Wildman–Crippen LogP) is 3.77. The zero-order valence-corrected chi connectivity index (χ0v) is 15.5. The van der Waals surface area contributed by atoms with Gasteiger partial charge in [0.15, 0.2) is 11.7 Å². The lowest BCUT2D eigenvalue weighted by Crippen LogP contribution is -2.40. The molecule has 0 unspecified atom stereocenters. The molecule has 1 N–H and O–H groups in total. The summed E-state index contributed by atoms with van der Waals surface area (Å²) in [6, 6.07) is 9.83. The highest BCUT2D eigenvalue weighted by molar-refractivity contribution is 5.76. The van der Waals surface area contributed by atoms with Gasteiger partial charge in [0.05, 0.1) is 6.20 Å². The Balaban J connectivity index is 1.43. The van der Waals surface area contributed by atoms with Gasteiger partial charge in [-0.2, -0.15) is 0 Å². The highest BCUT2D eigenvalue weighted by atomic mass is 16.4. The number of oxazole rings is 1. The van der Waals surface area contributed by atoms with Crippen molar-refractivity contribution in [3.05, 3.63) is 42.4 Å². The number of carbonyl (C=O) groups excluding carboxylic acids is 1. The van der Waals surface area contributed by atoms with Gasteiger partial charge < -0.3 is 14.4 Å². The Labute approximate surface area is 159 Å². The number of likely N-dealkylation sites (tertiary alicyclic amines) is 1. The minimum absolute atomic E-state index is 0.143. The van der Waals surface area contributed by atoms with Gasteiger partial charge in [-0.25, -0.2) is 4.98 Å². The summed E-state index contributed by atoms with van der Waals surface area (Å²) in [6.07, 6.45) is 6.32. The maximum Gasteiger partial charge on any atom is 0.303 e. The molecule has 27 heavy (non-hydrogen) atoms. The van der Waals surface area contributed by atoms with Gasteiger partial charge in [-0.15, -0.1) is 0 Å². The smallest absolute Gasteiger partial charge is 0.303 e. The first-order valence-corrected chi connectivity index (χ1v) is 9.61. The molecule has 2 heterocycles. The molecule has 1 amide bonds. The van der Waals surface area contributed by atoms with Crippen molar-refractivity contribution in [1.29, 1.82) is 0 Å². The van der Waals surface area contributed by atoms with Crippen molar-refractivity contribution in [2.45, 2.75) is 44.9 Å². The van der Waals surface area contributed by atoms with Crippen LogP contribution in [0.1, 0.15) is 44.4 Å². The quantitative estimate of drug-likeness (QED) is 0.765. The standard InChI is InChI=1S/C21H26N2O4/c24-20(23-13-5-6-16(15-23)11-12-21(25)26)10-4-9-19-22-14-18(27-19)17-7-2-1-3-8-17/h1-3,7-8,14,16H,4-6,9-13,15H2,(H,25,26)/t16-/m1/s1. The van der Waals surface area contributed by atoms with Crippen LogP contribution < -0.4 is 0 Å². The number of amides is 1. The molecule has 1 aliphatic rings. The molecular weight excluding hydrogens is 344 g/mol. The number of hydrogen-bond acceptors (Lipinski definition) is 4. The van der Waals surface area contributed by atoms with E-state index in [1.54, 1.807) is 6.20 Å². The number of rotatable bonds is 8. The largest absolute Gasteiger partial charge is 0.481 e. The van der Waals surface area contributed by atoms with Crippen molar-refractivity contribution in [3.8, 4) is 11.3 Å². The molecule has 1 aromatic carbocycles. The summed E-state index contributed by atoms with van der Waals surface area (Å²) in [6.45, 7) is 1.46. The molecule has 0 saturated carbocycles. The van der Waals surface area contributed by atoms with Crippen LogP contribution in [0.4, 0.5) is 0 Å². The zero-order chi connectivity index (χ0) is 19.1. The van der Waals surface area contributed by atoms with Crippen molar-refractivity contribution < 1.29 is 19.1 Å². The number of benzene rings is 1. The van der Waals surface area contributed by atoms with Gasteiger partial charge in [0, 0.05) is 37.9 Å². The average Bonchev–Trinajstić information content (AvgIpc) is 3.16. The number of hydrogen-bond donors (Lipinski definition) is 1. The first-order chi connectivity index (χ1) is 13.1. The Kier molecular flexibility index (Phi) is 6.63. The van der Waals surface area contributed by atoms with Crippen LogP contribution in [0.25, 0.3) is 11.3 Å². The second-order valence-electron chi connectivity index (χ2n) is 7.12. The van der Waals surface area contributed by atoms with E-state index in [-0.39, 0.29) is 12.3 Å². The Hall–Kier alpha value is -2.63. The highest BCUT2D eigenvalue weighted by Crippen LogP contribution is 2.23. The molecular formula is C21H26N2O4. The van der Waals surface area contributed by atoms with Gasteiger partial charge in [0.1, 0.15) is 0 Å². The molecule has 1 aromatic heterocycles. The topological polar surface area (TPSA) is 83.6 Å². The van der Waals surface area contributed by atoms with E-state index in [0.717, 1.165) is 30.7 Å². The van der Waals surface area contributed by atoms with Crippen LogP contribution in [0, 0.1) is 5.92 Å². The minimum Gasteiger partial charge on any atom is -0.481 e. The van der Waals surface area contributed by atoms with Gasteiger partial charge in [0.2, 0.25) is 5.91 Å². The van der Waals surface area contributed by atoms with Crippen LogP contribution in [0.3, 0.4) is 0 Å². The molecule has 6 nitrogen and oxygen atoms in total. The van der Waals surface area contributed by atoms with Crippen LogP contribution >= 0.6 is 0 Å². The fraction of sp³-hybridized carbons (Fsp3) is 0.476. The van der Waals surface area contributed by atoms with Crippen LogP contribution in [-0.2, 0) is 16.0 Å². The number of carboxylic acids is 1. The summed E-state index contributed by atoms with van der Waals surface area (Å²) in [5.74, 6) is 1.08. The third kappa shape index (κ3) is 5.67. The van der Waals surface area contributed by atoms with E-state index < -0.39 is 5.97 Å². The van der Waals surface area contributed by atoms with Gasteiger partial charge in [-0.3, -0.25) is 9.59 Å². The van der Waals surface area contributed by atoms with Gasteiger partial charge in [-0.1, -0.05) is 30.3 Å². The Morgan fingerprint density at radius 3 is 2.81 bits per heavy atom. The van der Waals surface area contributed by atoms with Crippen molar-refractivity contribution in [3.63, 3.8) is 0 Å². The van der Waals surface area contributed by atoms with E-state index >= 15 is 0 Å². The zero-order valence-electron chi connectivity index (χ0n) is 15.5. The maximum absolute atomic E-state index is 12.5. The molecule has 0 bridgehead atoms. The molecule has 1 saturated heterocycles. The molecule has 0 radical (unpaired) electrons. The lowest BCUT2D eigenvalue weighted by molar-refractivity contribution is -0.137. The van der Waals surface area contributed by atoms with Crippen molar-refractivity contribution >= 4 is 11.9 Å². The second-order valence-corrected chi connectivity index (χ2v) is 7.12. The van der Waals surface area contributed by atoms with E-state index in [2.05, 4.69) is 4.98 Å². The van der Waals surface area contributed by atoms with Crippen molar-refractivity contribution in [2.24, 2.45) is 5.92 Å². The van der Waals surface area contributed by atoms with Gasteiger partial charge in [-0.05, 0) is 31.6 Å². The number of aliphatic carboxylic acids is 1. The van der Waals surface area contributed by atoms with Crippen LogP contribution in [0.15, 0.2) is 40.9 Å². The van der Waals surface area contributed by atoms with E-state index in [1.807, 2.05) is 35.2 Å². The maximum atomic E-state index is 12.5. The first-order valence-electron chi connectivity index (χ1n) is 9.61. The molecule has 3 rings (SSSR count). The number of piperidine rings is 1. The molecule has 6 heteroatoms. The number of carboxylic acid groups (broad SMARTS) is 1. The van der Waals surface area contributed by atoms with Crippen LogP contribution in [0.5, 0.6) is 0 Å². The number of aromatic nitrogens is 1. The van der Waals surface area contributed by atoms with E-state index in [0.29, 0.717) is 44.0 Å². The molecule has 0 spiro atoms. The van der Waals surface area contributed by atoms with Crippen LogP contribution in [0.2, 0.25) is 0 Å². The van der Waals surface area contributed by atoms with Crippen molar-refractivity contribution in [1.82, 2.24) is 9.88 Å². The lowest BCUT2D eigenvalue weighted by atomic mass is 9.93. The SMILES string of the molecule is O=C(O)CC[C@H]1CCCN(C(=O)CCCc2ncc(-c3ccccc3)o2)C1. The van der Waals surface area contributed by atoms with Crippen LogP contribution in [-0.4, -0.2) is 40.0 Å². The summed E-state index contributed by atoms with van der Waals surface area (Å²) < 4.78 is 5.78. The predicted molar refractivity (Wildman–Crippen MR) is 101 cm³/mol. The lowest BCUT2D eigenvalue weighted by Gasteiger charge is -2.32. The molecule has 1 aliphatic heterocycles. The van der Waals surface area contributed by atoms with Gasteiger partial charge in [0.25, 0.3) is 0 Å². The third-order valence-electron chi connectivity index (χ3n) is 5.03. The molecule has 144 valence electrons. The summed E-state index contributed by atoms with van der Waals surface area (Å²) in [5, 5.41) is 8.82. The van der Waals surface area contributed by atoms with E-state index in [4.69, 9.17) is 9.52 Å². The summed E-state index contributed by atoms with van der Waals surface area (Å²) in [7, 11) is 0. The fourth-order valence-electron chi connectivity index (χ4n) is 3.57. The highest BCUT2D eigenvalue weighted by Gasteiger charge is 2.23. The second kappa shape index (κ2) is 9.35. The molecule has 1 atom stereocenters. The Morgan fingerprint density at radius 1 is 1.22 bits per heavy atom. The average molecular weight is 370 g/mol. The normalized spacial score (nSPS) is 17.0. The number of aryl methyl sites for hydroxylation is 1. The van der Waals surface area contributed by atoms with Gasteiger partial charge >= 0.3 is 5.97 Å². The number of nitrogens with zero attached hydrogens (tertiary/aromatic N) is 2. The molecule has 2 aromatic rings. The summed E-state index contributed by atoms with van der Waals surface area (Å²) >= 11 is 0. The fourth-order valence-corrected chi connectivity index (χ4v) is 3.57. The molecule has 0 aliphatic carbocycles. The third-order valence-corrected chi connectivity index (χ3v) is 5.03. The Morgan fingerprint density at radius 2 is 2.04 bits per heavy atom. The minimum atomic E-state index is -0.765. The van der Waals surface area contributed by atoms with Crippen molar-refractivity contribution in [2.75, 3.05) is 13.1 Å². The summed E-state index contributed by atoms with van der Waals surface area (Å²) in [5.41, 5.74) is 0.994. The van der Waals surface area contributed by atoms with E-state index in [9.17, 15) is 9.59 Å². The Bertz CT molecular complexity index is 757. The molecule has 1 fully saturated rings.